The van der Waals surface area contributed by atoms with Crippen molar-refractivity contribution in [3.63, 3.8) is 0 Å². The zero-order valence-corrected chi connectivity index (χ0v) is 23.5. The van der Waals surface area contributed by atoms with Gasteiger partial charge in [-0.3, -0.25) is 0 Å². The Morgan fingerprint density at radius 2 is 1.23 bits per heavy atom. The number of carbonyl (C=O) groups excluding carboxylic acids is 1. The van der Waals surface area contributed by atoms with E-state index in [9.17, 15) is 26.4 Å². The van der Waals surface area contributed by atoms with Gasteiger partial charge in [0, 0.05) is 25.5 Å². The quantitative estimate of drug-likeness (QED) is 0.155. The first-order valence-electron chi connectivity index (χ1n) is 12.1. The van der Waals surface area contributed by atoms with Crippen LogP contribution in [0.5, 0.6) is 5.75 Å². The van der Waals surface area contributed by atoms with Crippen molar-refractivity contribution in [3.05, 3.63) is 97.1 Å². The lowest BCUT2D eigenvalue weighted by atomic mass is 10.1. The predicted octanol–water partition coefficient (Wildman–Crippen LogP) is 7.62. The highest BCUT2D eigenvalue weighted by Crippen LogP contribution is 2.72. The topological polar surface area (TPSA) is 78.9 Å². The summed E-state index contributed by atoms with van der Waals surface area (Å²) in [6.07, 6.45) is 0. The Morgan fingerprint density at radius 3 is 1.73 bits per heavy atom. The maximum Gasteiger partial charge on any atom is 0.524 e. The van der Waals surface area contributed by atoms with E-state index in [4.69, 9.17) is 13.1 Å². The first-order chi connectivity index (χ1) is 18.7. The van der Waals surface area contributed by atoms with Gasteiger partial charge < -0.3 is 9.47 Å². The second-order valence-corrected chi connectivity index (χ2v) is 14.0. The van der Waals surface area contributed by atoms with Crippen LogP contribution in [0.15, 0.2) is 112 Å². The number of esters is 1. The standard InChI is InChI=1S/C29H27F3O6S2/c1-28(2,3)37-27(33)20-36-25-18-19-26(24-17-11-10-16-23(24)25)39(21-12-6-4-7-13-21,22-14-8-5-9-15-22)38-40(34,35)29(30,31)32/h4-19H,20H2,1-3H3. The minimum Gasteiger partial charge on any atom is -0.481 e. The van der Waals surface area contributed by atoms with Crippen molar-refractivity contribution in [2.45, 2.75) is 46.6 Å². The molecule has 0 radical (unpaired) electrons. The molecule has 0 amide bonds. The van der Waals surface area contributed by atoms with Crippen LogP contribution in [-0.2, 0) is 23.3 Å². The molecule has 40 heavy (non-hydrogen) atoms. The molecule has 0 bridgehead atoms. The van der Waals surface area contributed by atoms with E-state index in [-0.39, 0.29) is 20.4 Å². The average molecular weight is 593 g/mol. The number of halogens is 3. The Morgan fingerprint density at radius 1 is 0.725 bits per heavy atom. The molecule has 6 nitrogen and oxygen atoms in total. The van der Waals surface area contributed by atoms with Crippen molar-refractivity contribution in [3.8, 4) is 5.75 Å². The van der Waals surface area contributed by atoms with E-state index in [0.717, 1.165) is 0 Å². The molecule has 0 atom stereocenters. The SMILES string of the molecule is CC(C)(C)OC(=O)COc1ccc(S(OS(=O)(=O)C(F)(F)F)(c2ccccc2)c2ccccc2)c2ccccc12. The number of hydrogen-bond donors (Lipinski definition) is 0. The molecule has 0 heterocycles. The van der Waals surface area contributed by atoms with Crippen LogP contribution in [0.2, 0.25) is 0 Å². The van der Waals surface area contributed by atoms with Gasteiger partial charge in [0.2, 0.25) is 0 Å². The molecule has 0 saturated heterocycles. The third-order valence-corrected chi connectivity index (χ3v) is 10.5. The fourth-order valence-electron chi connectivity index (χ4n) is 4.03. The monoisotopic (exact) mass is 592 g/mol. The third kappa shape index (κ3) is 6.11. The van der Waals surface area contributed by atoms with E-state index < -0.39 is 44.1 Å². The van der Waals surface area contributed by atoms with Crippen LogP contribution < -0.4 is 4.74 Å². The first kappa shape index (κ1) is 29.4. The van der Waals surface area contributed by atoms with Gasteiger partial charge in [0.25, 0.3) is 0 Å². The van der Waals surface area contributed by atoms with Crippen molar-refractivity contribution in [2.24, 2.45) is 0 Å². The van der Waals surface area contributed by atoms with Crippen LogP contribution in [-0.4, -0.2) is 32.1 Å². The minimum atomic E-state index is -6.07. The molecule has 0 fully saturated rings. The molecule has 4 aromatic rings. The molecular weight excluding hydrogens is 565 g/mol. The summed E-state index contributed by atoms with van der Waals surface area (Å²) in [6.45, 7) is 4.76. The normalized spacial score (nSPS) is 13.2. The van der Waals surface area contributed by atoms with Gasteiger partial charge in [-0.1, -0.05) is 60.7 Å². The van der Waals surface area contributed by atoms with Crippen LogP contribution in [0.3, 0.4) is 0 Å². The van der Waals surface area contributed by atoms with Crippen molar-refractivity contribution in [1.82, 2.24) is 0 Å². The summed E-state index contributed by atoms with van der Waals surface area (Å²) in [7, 11) is -9.60. The summed E-state index contributed by atoms with van der Waals surface area (Å²) >= 11 is 0. The minimum absolute atomic E-state index is 0.206. The van der Waals surface area contributed by atoms with E-state index >= 15 is 0 Å². The van der Waals surface area contributed by atoms with Gasteiger partial charge in [0.1, 0.15) is 11.4 Å². The number of hydrogen-bond acceptors (Lipinski definition) is 6. The lowest BCUT2D eigenvalue weighted by Gasteiger charge is -2.40. The molecule has 0 aliphatic carbocycles. The average Bonchev–Trinajstić information content (AvgIpc) is 2.90. The number of carbonyl (C=O) groups is 1. The lowest BCUT2D eigenvalue weighted by molar-refractivity contribution is -0.157. The van der Waals surface area contributed by atoms with E-state index in [1.807, 2.05) is 0 Å². The number of fused-ring (bicyclic) bond motifs is 1. The number of ether oxygens (including phenoxy) is 2. The van der Waals surface area contributed by atoms with E-state index in [2.05, 4.69) is 0 Å². The molecule has 0 N–H and O–H groups in total. The maximum absolute atomic E-state index is 13.8. The van der Waals surface area contributed by atoms with E-state index in [1.54, 1.807) is 81.4 Å². The zero-order chi connectivity index (χ0) is 29.2. The Kier molecular flexibility index (Phi) is 8.21. The van der Waals surface area contributed by atoms with Crippen molar-refractivity contribution in [2.75, 3.05) is 6.61 Å². The van der Waals surface area contributed by atoms with Gasteiger partial charge in [-0.25, -0.2) is 4.79 Å². The third-order valence-electron chi connectivity index (χ3n) is 5.54. The van der Waals surface area contributed by atoms with Crippen LogP contribution in [0, 0.1) is 0 Å². The van der Waals surface area contributed by atoms with Gasteiger partial charge in [0.15, 0.2) is 6.61 Å². The lowest BCUT2D eigenvalue weighted by Crippen LogP contribution is -2.27. The zero-order valence-electron chi connectivity index (χ0n) is 21.8. The van der Waals surface area contributed by atoms with Gasteiger partial charge in [-0.15, -0.1) is 0 Å². The summed E-state index contributed by atoms with van der Waals surface area (Å²) in [5, 5.41) is 0.838. The highest BCUT2D eigenvalue weighted by Gasteiger charge is 2.52. The molecule has 11 heteroatoms. The van der Waals surface area contributed by atoms with Crippen molar-refractivity contribution in [1.29, 1.82) is 0 Å². The number of rotatable bonds is 8. The van der Waals surface area contributed by atoms with Gasteiger partial charge in [0.05, 0.1) is 0 Å². The highest BCUT2D eigenvalue weighted by atomic mass is 32.3. The van der Waals surface area contributed by atoms with Gasteiger partial charge >= 0.3 is 21.6 Å². The van der Waals surface area contributed by atoms with E-state index in [1.165, 1.54) is 36.4 Å². The summed E-state index contributed by atoms with van der Waals surface area (Å²) in [4.78, 5) is 13.0. The molecule has 0 aliphatic heterocycles. The van der Waals surface area contributed by atoms with Crippen molar-refractivity contribution >= 4 is 37.2 Å². The second kappa shape index (κ2) is 11.1. The van der Waals surface area contributed by atoms with Crippen LogP contribution in [0.1, 0.15) is 20.8 Å². The molecule has 0 aromatic heterocycles. The predicted molar refractivity (Wildman–Crippen MR) is 147 cm³/mol. The Hall–Kier alpha value is -3.54. The summed E-state index contributed by atoms with van der Waals surface area (Å²) < 4.78 is 83.2. The smallest absolute Gasteiger partial charge is 0.481 e. The van der Waals surface area contributed by atoms with Crippen LogP contribution in [0.25, 0.3) is 10.8 Å². The van der Waals surface area contributed by atoms with Crippen LogP contribution >= 0.6 is 10.3 Å². The first-order valence-corrected chi connectivity index (χ1v) is 15.0. The largest absolute Gasteiger partial charge is 0.524 e. The number of alkyl halides is 3. The Labute approximate surface area is 232 Å². The molecule has 4 rings (SSSR count). The molecular formula is C29H27F3O6S2. The molecule has 212 valence electrons. The summed E-state index contributed by atoms with van der Waals surface area (Å²) in [6, 6.07) is 25.5. The summed E-state index contributed by atoms with van der Waals surface area (Å²) in [5.74, 6) is -0.341. The van der Waals surface area contributed by atoms with Gasteiger partial charge in [-0.2, -0.15) is 25.2 Å². The van der Waals surface area contributed by atoms with Crippen molar-refractivity contribution < 1.29 is 39.5 Å². The molecule has 0 aliphatic rings. The summed E-state index contributed by atoms with van der Waals surface area (Å²) in [5.41, 5.74) is -6.39. The van der Waals surface area contributed by atoms with E-state index in [0.29, 0.717) is 10.8 Å². The van der Waals surface area contributed by atoms with Gasteiger partial charge in [-0.05, 0) is 67.5 Å². The maximum atomic E-state index is 13.8. The molecule has 0 saturated carbocycles. The Bertz CT molecular complexity index is 1560. The number of benzene rings is 4. The Balaban J connectivity index is 1.98. The fourth-order valence-corrected chi connectivity index (χ4v) is 8.94. The highest BCUT2D eigenvalue weighted by molar-refractivity contribution is 8.33. The second-order valence-electron chi connectivity index (χ2n) is 9.63. The van der Waals surface area contributed by atoms with Crippen LogP contribution in [0.4, 0.5) is 13.2 Å². The molecule has 4 aromatic carbocycles. The molecule has 0 unspecified atom stereocenters. The fraction of sp³-hybridized carbons (Fsp3) is 0.207. The molecule has 0 spiro atoms.